The molecule has 0 aromatic heterocycles. The van der Waals surface area contributed by atoms with Crippen molar-refractivity contribution in [3.05, 3.63) is 90.5 Å². The van der Waals surface area contributed by atoms with Crippen LogP contribution in [0.2, 0.25) is 0 Å². The zero-order chi connectivity index (χ0) is 35.1. The number of aliphatic hydroxyl groups is 1. The molecule has 3 amide bonds. The SMILES string of the molecule is C=CCCC(=O)NC[C@@H](OC(=O)[C@@H]1[C@@H]2CC[C@]3(O2)[C@H](C(=O)N(CC=C)c2cc(C)ccc2C)N(CCCCCO)C(=O)[C@@H]13)c1ccccc1. The minimum absolute atomic E-state index is 0.0403. The van der Waals surface area contributed by atoms with Crippen LogP contribution in [0.5, 0.6) is 0 Å². The number of aryl methyl sites for hydroxylation is 2. The number of anilines is 1. The van der Waals surface area contributed by atoms with Crippen LogP contribution >= 0.6 is 0 Å². The van der Waals surface area contributed by atoms with Crippen LogP contribution in [0.1, 0.15) is 67.7 Å². The highest BCUT2D eigenvalue weighted by Gasteiger charge is 2.75. The average molecular weight is 672 g/mol. The smallest absolute Gasteiger partial charge is 0.313 e. The normalized spacial score (nSPS) is 24.3. The summed E-state index contributed by atoms with van der Waals surface area (Å²) in [6.45, 7) is 12.1. The van der Waals surface area contributed by atoms with Crippen molar-refractivity contribution in [1.82, 2.24) is 10.2 Å². The Morgan fingerprint density at radius 1 is 1.12 bits per heavy atom. The molecular weight excluding hydrogens is 622 g/mol. The van der Waals surface area contributed by atoms with E-state index >= 15 is 0 Å². The number of aliphatic hydroxyl groups excluding tert-OH is 1. The quantitative estimate of drug-likeness (QED) is 0.142. The predicted molar refractivity (Wildman–Crippen MR) is 186 cm³/mol. The van der Waals surface area contributed by atoms with Gasteiger partial charge >= 0.3 is 5.97 Å². The molecule has 10 nitrogen and oxygen atoms in total. The van der Waals surface area contributed by atoms with Crippen molar-refractivity contribution in [1.29, 1.82) is 0 Å². The fourth-order valence-electron chi connectivity index (χ4n) is 7.75. The number of benzene rings is 2. The van der Waals surface area contributed by atoms with Crippen molar-refractivity contribution in [3.63, 3.8) is 0 Å². The number of allylic oxidation sites excluding steroid dienone is 1. The van der Waals surface area contributed by atoms with Crippen LogP contribution in [0.25, 0.3) is 0 Å². The topological polar surface area (TPSA) is 125 Å². The zero-order valence-electron chi connectivity index (χ0n) is 28.6. The molecule has 262 valence electrons. The molecule has 10 heteroatoms. The van der Waals surface area contributed by atoms with Gasteiger partial charge in [-0.2, -0.15) is 0 Å². The summed E-state index contributed by atoms with van der Waals surface area (Å²) >= 11 is 0. The standard InChI is InChI=1S/C39H49N3O7/c1-5-7-16-32(44)40-25-31(28-14-10-8-11-15-28)48-38(47)33-30-19-20-39(49-30)34(33)36(45)42(22-12-9-13-23-43)35(39)37(46)41(21-6-2)29-24-26(3)17-18-27(29)4/h5-6,8,10-11,14-15,17-18,24,30-31,33-35,43H,1-2,7,9,12-13,16,19-23,25H2,3-4H3,(H,40,44)/t30-,31+,33+,34+,35-,39+/m0/s1. The fraction of sp³-hybridized carbons (Fsp3) is 0.487. The lowest BCUT2D eigenvalue weighted by atomic mass is 9.70. The molecule has 2 aromatic rings. The van der Waals surface area contributed by atoms with Crippen molar-refractivity contribution in [2.45, 2.75) is 82.6 Å². The second-order valence-corrected chi connectivity index (χ2v) is 13.4. The van der Waals surface area contributed by atoms with Gasteiger partial charge in [0.1, 0.15) is 17.7 Å². The van der Waals surface area contributed by atoms with E-state index in [2.05, 4.69) is 18.5 Å². The molecule has 0 saturated carbocycles. The van der Waals surface area contributed by atoms with Gasteiger partial charge in [-0.3, -0.25) is 19.2 Å². The number of fused-ring (bicyclic) bond motifs is 1. The van der Waals surface area contributed by atoms with Crippen molar-refractivity contribution in [3.8, 4) is 0 Å². The Hall–Kier alpha value is -4.28. The molecule has 3 fully saturated rings. The summed E-state index contributed by atoms with van der Waals surface area (Å²) in [4.78, 5) is 59.3. The molecule has 49 heavy (non-hydrogen) atoms. The number of rotatable bonds is 17. The number of amides is 3. The molecule has 2 bridgehead atoms. The molecule has 0 aliphatic carbocycles. The van der Waals surface area contributed by atoms with Gasteiger partial charge in [-0.1, -0.05) is 54.6 Å². The summed E-state index contributed by atoms with van der Waals surface area (Å²) in [5, 5.41) is 12.2. The van der Waals surface area contributed by atoms with Gasteiger partial charge in [-0.25, -0.2) is 0 Å². The van der Waals surface area contributed by atoms with Crippen LogP contribution in [-0.4, -0.2) is 77.7 Å². The van der Waals surface area contributed by atoms with Gasteiger partial charge in [-0.05, 0) is 75.1 Å². The molecule has 1 spiro atoms. The molecule has 6 atom stereocenters. The summed E-state index contributed by atoms with van der Waals surface area (Å²) in [6.07, 6.45) is 5.58. The summed E-state index contributed by atoms with van der Waals surface area (Å²) in [5.41, 5.74) is 2.16. The van der Waals surface area contributed by atoms with E-state index in [0.717, 1.165) is 16.8 Å². The van der Waals surface area contributed by atoms with Crippen LogP contribution in [0.3, 0.4) is 0 Å². The van der Waals surface area contributed by atoms with Crippen molar-refractivity contribution >= 4 is 29.4 Å². The molecule has 0 unspecified atom stereocenters. The fourth-order valence-corrected chi connectivity index (χ4v) is 7.75. The van der Waals surface area contributed by atoms with Crippen molar-refractivity contribution in [2.24, 2.45) is 11.8 Å². The van der Waals surface area contributed by atoms with Crippen LogP contribution in [0, 0.1) is 25.7 Å². The third kappa shape index (κ3) is 7.35. The van der Waals surface area contributed by atoms with E-state index in [9.17, 15) is 24.3 Å². The van der Waals surface area contributed by atoms with Crippen LogP contribution < -0.4 is 10.2 Å². The first kappa shape index (κ1) is 36.0. The Labute approximate surface area is 289 Å². The molecule has 3 aliphatic rings. The first-order valence-corrected chi connectivity index (χ1v) is 17.4. The first-order chi connectivity index (χ1) is 23.7. The lowest BCUT2D eigenvalue weighted by molar-refractivity contribution is -0.160. The number of hydrogen-bond acceptors (Lipinski definition) is 7. The van der Waals surface area contributed by atoms with Gasteiger partial charge in [0, 0.05) is 31.8 Å². The van der Waals surface area contributed by atoms with E-state index in [1.54, 1.807) is 22.0 Å². The number of nitrogens with one attached hydrogen (secondary N) is 1. The maximum Gasteiger partial charge on any atom is 0.313 e. The Balaban J connectivity index is 1.46. The monoisotopic (exact) mass is 671 g/mol. The largest absolute Gasteiger partial charge is 0.455 e. The van der Waals surface area contributed by atoms with Gasteiger partial charge < -0.3 is 29.7 Å². The van der Waals surface area contributed by atoms with E-state index in [-0.39, 0.29) is 43.8 Å². The first-order valence-electron chi connectivity index (χ1n) is 17.4. The molecule has 2 N–H and O–H groups in total. The van der Waals surface area contributed by atoms with Crippen LogP contribution in [0.4, 0.5) is 5.69 Å². The number of likely N-dealkylation sites (tertiary alicyclic amines) is 1. The lowest BCUT2D eigenvalue weighted by Crippen LogP contribution is -2.56. The predicted octanol–water partition coefficient (Wildman–Crippen LogP) is 4.73. The Kier molecular flexibility index (Phi) is 11.7. The zero-order valence-corrected chi connectivity index (χ0v) is 28.6. The number of hydrogen-bond donors (Lipinski definition) is 2. The number of nitrogens with zero attached hydrogens (tertiary/aromatic N) is 2. The molecule has 3 aliphatic heterocycles. The Bertz CT molecular complexity index is 1540. The summed E-state index contributed by atoms with van der Waals surface area (Å²) < 4.78 is 12.8. The van der Waals surface area contributed by atoms with E-state index in [4.69, 9.17) is 9.47 Å². The Morgan fingerprint density at radius 2 is 1.90 bits per heavy atom. The Morgan fingerprint density at radius 3 is 2.61 bits per heavy atom. The molecule has 3 heterocycles. The van der Waals surface area contributed by atoms with Crippen molar-refractivity contribution < 1.29 is 33.8 Å². The highest BCUT2D eigenvalue weighted by molar-refractivity contribution is 6.05. The number of carbonyl (C=O) groups excluding carboxylic acids is 4. The maximum absolute atomic E-state index is 14.8. The van der Waals surface area contributed by atoms with Crippen molar-refractivity contribution in [2.75, 3.05) is 31.1 Å². The minimum Gasteiger partial charge on any atom is -0.455 e. The number of unbranched alkanes of at least 4 members (excludes halogenated alkanes) is 2. The van der Waals surface area contributed by atoms with Gasteiger partial charge in [0.25, 0.3) is 5.91 Å². The lowest BCUT2D eigenvalue weighted by Gasteiger charge is -2.37. The van der Waals surface area contributed by atoms with Gasteiger partial charge in [-0.15, -0.1) is 13.2 Å². The molecule has 3 saturated heterocycles. The molecule has 5 rings (SSSR count). The molecule has 0 radical (unpaired) electrons. The van der Waals surface area contributed by atoms with Gasteiger partial charge in [0.15, 0.2) is 0 Å². The maximum atomic E-state index is 14.8. The number of ether oxygens (including phenoxy) is 2. The third-order valence-electron chi connectivity index (χ3n) is 10.1. The van der Waals surface area contributed by atoms with E-state index in [0.29, 0.717) is 50.6 Å². The van der Waals surface area contributed by atoms with Crippen LogP contribution in [-0.2, 0) is 28.7 Å². The summed E-state index contributed by atoms with van der Waals surface area (Å²) in [7, 11) is 0. The minimum atomic E-state index is -1.20. The number of esters is 1. The van der Waals surface area contributed by atoms with E-state index < -0.39 is 41.7 Å². The number of carbonyl (C=O) groups is 4. The van der Waals surface area contributed by atoms with E-state index in [1.807, 2.05) is 62.4 Å². The molecular formula is C39H49N3O7. The second kappa shape index (κ2) is 16.0. The molecule has 2 aromatic carbocycles. The van der Waals surface area contributed by atoms with Crippen LogP contribution in [0.15, 0.2) is 73.8 Å². The summed E-state index contributed by atoms with van der Waals surface area (Å²) in [5.74, 6) is -3.13. The van der Waals surface area contributed by atoms with E-state index in [1.165, 1.54) is 0 Å². The summed E-state index contributed by atoms with van der Waals surface area (Å²) in [6, 6.07) is 14.2. The van der Waals surface area contributed by atoms with Gasteiger partial charge in [0.2, 0.25) is 11.8 Å². The average Bonchev–Trinajstić information content (AvgIpc) is 3.75. The third-order valence-corrected chi connectivity index (χ3v) is 10.1. The van der Waals surface area contributed by atoms with Gasteiger partial charge in [0.05, 0.1) is 24.5 Å². The highest BCUT2D eigenvalue weighted by atomic mass is 16.6. The highest BCUT2D eigenvalue weighted by Crippen LogP contribution is 2.59. The second-order valence-electron chi connectivity index (χ2n) is 13.4.